The largest absolute Gasteiger partial charge is 0.455 e. The van der Waals surface area contributed by atoms with Crippen LogP contribution in [0.1, 0.15) is 0 Å². The Hall–Kier alpha value is -13.7. The maximum atomic E-state index is 6.31. The zero-order chi connectivity index (χ0) is 72.5. The Labute approximate surface area is 637 Å². The molecule has 11 aromatic heterocycles. The predicted octanol–water partition coefficient (Wildman–Crippen LogP) is 27.7. The lowest BCUT2D eigenvalue weighted by Crippen LogP contribution is -1.91. The van der Waals surface area contributed by atoms with E-state index in [1.54, 1.807) is 12.4 Å². The van der Waals surface area contributed by atoms with Crippen LogP contribution in [0.3, 0.4) is 0 Å². The number of benzene rings is 13. The molecule has 24 rings (SSSR count). The maximum absolute atomic E-state index is 6.31. The highest BCUT2D eigenvalue weighted by Gasteiger charge is 2.19. The molecule has 13 aromatic carbocycles. The van der Waals surface area contributed by atoms with Crippen molar-refractivity contribution < 1.29 is 22.1 Å². The van der Waals surface area contributed by atoms with Crippen LogP contribution in [-0.2, 0) is 0 Å². The third-order valence-corrected chi connectivity index (χ3v) is 21.3. The lowest BCUT2D eigenvalue weighted by atomic mass is 10.0. The van der Waals surface area contributed by atoms with Gasteiger partial charge in [-0.1, -0.05) is 224 Å². The molecule has 0 aliphatic carbocycles. The quantitative estimate of drug-likeness (QED) is 0.156. The summed E-state index contributed by atoms with van der Waals surface area (Å²) < 4.78 is 32.3. The SMILES string of the molecule is Brc1cccc2c1oc1ccccc12.Brc1cccc2c1oc1ccccc12.c1ccc2c(c1)oc1c(-c3ccc4ccc5ccc(-c6cccc7c6oc6ccccc67)nc5c4n3)cccc12.c1cnc2c(c1)ccc1ccc(-c3cccc4c3oc3ccccc34)nc12.c1cnc2c(c1)ccc1cccnc12. The van der Waals surface area contributed by atoms with Gasteiger partial charge in [0.1, 0.15) is 55.8 Å². The normalized spacial score (nSPS) is 11.6. The summed E-state index contributed by atoms with van der Waals surface area (Å²) in [6.45, 7) is 0. The molecule has 0 bridgehead atoms. The van der Waals surface area contributed by atoms with Crippen molar-refractivity contribution in [2.24, 2.45) is 0 Å². The average Bonchev–Trinajstić information content (AvgIpc) is 1.70. The molecule has 0 fully saturated rings. The Morgan fingerprint density at radius 1 is 0.183 bits per heavy atom. The van der Waals surface area contributed by atoms with Gasteiger partial charge in [0.15, 0.2) is 0 Å². The van der Waals surface area contributed by atoms with Gasteiger partial charge in [-0.15, -0.1) is 0 Å². The standard InChI is InChI=1S/C36H20N2O2.C24H14N2O.2C12H7BrO.C12H8N2/c1-3-13-31-23(7-1)25-9-5-11-27(35(25)39-31)29-19-17-21-15-16-22-18-20-30(38-34(22)33(21)37-29)28-12-6-10-26-24-8-2-4-14-32(24)40-36(26)28;1-2-9-21-17(6-1)18-7-3-8-19(24(18)27-21)20-13-12-16-11-10-15-5-4-14-25-22(15)23(16)26-20;2*13-10-6-3-5-9-8-4-1-2-7-11(8)14-12(9)10;1-3-9-5-6-10-4-2-8-14-12(10)11(9)13-7-1/h1-20H;1-14H;2*1-7H;1-8H. The molecule has 0 radical (unpaired) electrons. The fraction of sp³-hybridized carbons (Fsp3) is 0. The van der Waals surface area contributed by atoms with Crippen molar-refractivity contribution in [1.82, 2.24) is 29.9 Å². The summed E-state index contributed by atoms with van der Waals surface area (Å²) in [5.41, 5.74) is 20.0. The molecular weight excluding hydrogens is 1480 g/mol. The Bertz CT molecular complexity index is 7370. The smallest absolute Gasteiger partial charge is 0.149 e. The first kappa shape index (κ1) is 64.8. The van der Waals surface area contributed by atoms with Crippen LogP contribution < -0.4 is 0 Å². The molecule has 11 nitrogen and oxygen atoms in total. The van der Waals surface area contributed by atoms with Gasteiger partial charge in [0.25, 0.3) is 0 Å². The minimum absolute atomic E-state index is 0.848. The maximum Gasteiger partial charge on any atom is 0.149 e. The van der Waals surface area contributed by atoms with Crippen LogP contribution in [0.2, 0.25) is 0 Å². The molecule has 0 unspecified atom stereocenters. The number of fused-ring (bicyclic) bond motifs is 24. The summed E-state index contributed by atoms with van der Waals surface area (Å²) in [6, 6.07) is 109. The van der Waals surface area contributed by atoms with Crippen molar-refractivity contribution in [3.63, 3.8) is 0 Å². The number of para-hydroxylation sites is 10. The van der Waals surface area contributed by atoms with Gasteiger partial charge in [0, 0.05) is 121 Å². The highest BCUT2D eigenvalue weighted by atomic mass is 79.9. The van der Waals surface area contributed by atoms with Crippen LogP contribution in [0.25, 0.3) is 209 Å². The zero-order valence-corrected chi connectivity index (χ0v) is 61.0. The van der Waals surface area contributed by atoms with Crippen molar-refractivity contribution in [1.29, 1.82) is 0 Å². The Morgan fingerprint density at radius 3 is 0.725 bits per heavy atom. The van der Waals surface area contributed by atoms with E-state index in [1.165, 1.54) is 10.8 Å². The molecule has 0 saturated heterocycles. The molecule has 0 spiro atoms. The second kappa shape index (κ2) is 27.3. The minimum atomic E-state index is 0.848. The van der Waals surface area contributed by atoms with E-state index < -0.39 is 0 Å². The van der Waals surface area contributed by atoms with Gasteiger partial charge in [-0.05, 0) is 129 Å². The van der Waals surface area contributed by atoms with Crippen molar-refractivity contribution in [3.05, 3.63) is 349 Å². The van der Waals surface area contributed by atoms with E-state index in [4.69, 9.17) is 37.0 Å². The van der Waals surface area contributed by atoms with E-state index in [0.717, 1.165) is 207 Å². The Morgan fingerprint density at radius 2 is 0.413 bits per heavy atom. The lowest BCUT2D eigenvalue weighted by molar-refractivity contribution is 0.666. The number of aromatic nitrogens is 6. The van der Waals surface area contributed by atoms with E-state index in [2.05, 4.69) is 235 Å². The molecule has 0 aliphatic rings. The Balaban J connectivity index is 0.0000000970. The third kappa shape index (κ3) is 11.7. The van der Waals surface area contributed by atoms with Gasteiger partial charge in [0.05, 0.1) is 59.1 Å². The van der Waals surface area contributed by atoms with Gasteiger partial charge in [-0.2, -0.15) is 0 Å². The van der Waals surface area contributed by atoms with Crippen LogP contribution in [0, 0.1) is 0 Å². The summed E-state index contributed by atoms with van der Waals surface area (Å²) in [5, 5.41) is 17.8. The highest BCUT2D eigenvalue weighted by molar-refractivity contribution is 9.11. The third-order valence-electron chi connectivity index (χ3n) is 20.0. The van der Waals surface area contributed by atoms with Crippen LogP contribution in [0.4, 0.5) is 0 Å². The number of nitrogens with zero attached hydrogens (tertiary/aromatic N) is 6. The van der Waals surface area contributed by atoms with Crippen molar-refractivity contribution >= 4 is 207 Å². The van der Waals surface area contributed by atoms with Gasteiger partial charge in [0.2, 0.25) is 0 Å². The summed E-state index contributed by atoms with van der Waals surface area (Å²) in [4.78, 5) is 28.6. The number of hydrogen-bond acceptors (Lipinski definition) is 11. The molecule has 0 amide bonds. The van der Waals surface area contributed by atoms with Crippen molar-refractivity contribution in [3.8, 4) is 33.8 Å². The van der Waals surface area contributed by atoms with E-state index in [1.807, 2.05) is 140 Å². The molecule has 11 heterocycles. The first-order chi connectivity index (χ1) is 53.9. The summed E-state index contributed by atoms with van der Waals surface area (Å²) in [6.07, 6.45) is 5.42. The second-order valence-electron chi connectivity index (χ2n) is 26.5. The van der Waals surface area contributed by atoms with E-state index in [-0.39, 0.29) is 0 Å². The molecule has 0 saturated carbocycles. The summed E-state index contributed by atoms with van der Waals surface area (Å²) >= 11 is 6.96. The molecular formula is C96H56Br2N6O5. The Kier molecular flexibility index (Phi) is 16.3. The van der Waals surface area contributed by atoms with E-state index in [0.29, 0.717) is 0 Å². The number of halogens is 2. The number of hydrogen-bond donors (Lipinski definition) is 0. The lowest BCUT2D eigenvalue weighted by Gasteiger charge is -2.09. The number of pyridine rings is 6. The second-order valence-corrected chi connectivity index (χ2v) is 28.2. The average molecular weight is 1530 g/mol. The first-order valence-electron chi connectivity index (χ1n) is 35.6. The first-order valence-corrected chi connectivity index (χ1v) is 37.2. The van der Waals surface area contributed by atoms with Crippen LogP contribution in [0.15, 0.2) is 371 Å². The molecule has 514 valence electrons. The van der Waals surface area contributed by atoms with E-state index in [9.17, 15) is 0 Å². The molecule has 109 heavy (non-hydrogen) atoms. The molecule has 24 aromatic rings. The molecule has 0 atom stereocenters. The molecule has 13 heteroatoms. The molecule has 0 N–H and O–H groups in total. The predicted molar refractivity (Wildman–Crippen MR) is 452 cm³/mol. The van der Waals surface area contributed by atoms with Gasteiger partial charge >= 0.3 is 0 Å². The highest BCUT2D eigenvalue weighted by Crippen LogP contribution is 2.42. The number of furan rings is 5. The van der Waals surface area contributed by atoms with Crippen LogP contribution in [0.5, 0.6) is 0 Å². The zero-order valence-electron chi connectivity index (χ0n) is 57.8. The monoisotopic (exact) mass is 1530 g/mol. The van der Waals surface area contributed by atoms with Gasteiger partial charge in [-0.3, -0.25) is 15.0 Å². The topological polar surface area (TPSA) is 143 Å². The van der Waals surface area contributed by atoms with Crippen molar-refractivity contribution in [2.75, 3.05) is 0 Å². The van der Waals surface area contributed by atoms with Crippen LogP contribution in [-0.4, -0.2) is 29.9 Å². The van der Waals surface area contributed by atoms with E-state index >= 15 is 0 Å². The summed E-state index contributed by atoms with van der Waals surface area (Å²) in [5.74, 6) is 0. The fourth-order valence-electron chi connectivity index (χ4n) is 14.9. The minimum Gasteiger partial charge on any atom is -0.455 e. The van der Waals surface area contributed by atoms with Crippen molar-refractivity contribution in [2.45, 2.75) is 0 Å². The van der Waals surface area contributed by atoms with Gasteiger partial charge in [-0.25, -0.2) is 15.0 Å². The molecule has 0 aliphatic heterocycles. The fourth-order valence-corrected chi connectivity index (χ4v) is 15.8. The van der Waals surface area contributed by atoms with Crippen LogP contribution >= 0.6 is 31.9 Å². The summed E-state index contributed by atoms with van der Waals surface area (Å²) in [7, 11) is 0. The van der Waals surface area contributed by atoms with Gasteiger partial charge < -0.3 is 22.1 Å². The number of rotatable bonds is 3.